The Morgan fingerprint density at radius 3 is 2.71 bits per heavy atom. The van der Waals surface area contributed by atoms with Crippen molar-refractivity contribution in [2.24, 2.45) is 0 Å². The van der Waals surface area contributed by atoms with Gasteiger partial charge in [-0.1, -0.05) is 18.2 Å². The SMILES string of the molecule is CN(c1cnnc2ccccc12)C(C)(C)CCl. The first kappa shape index (κ1) is 12.1. The molecule has 4 heteroatoms. The second-order valence-corrected chi connectivity index (χ2v) is 5.02. The van der Waals surface area contributed by atoms with Gasteiger partial charge in [-0.25, -0.2) is 0 Å². The molecular weight excluding hydrogens is 234 g/mol. The summed E-state index contributed by atoms with van der Waals surface area (Å²) in [5.41, 5.74) is 1.84. The third-order valence-electron chi connectivity index (χ3n) is 3.12. The van der Waals surface area contributed by atoms with Gasteiger partial charge >= 0.3 is 0 Å². The van der Waals surface area contributed by atoms with Gasteiger partial charge in [0, 0.05) is 23.9 Å². The maximum absolute atomic E-state index is 6.01. The first-order chi connectivity index (χ1) is 8.06. The van der Waals surface area contributed by atoms with Gasteiger partial charge in [0.2, 0.25) is 0 Å². The molecule has 0 atom stereocenters. The molecule has 0 aliphatic carbocycles. The van der Waals surface area contributed by atoms with Crippen molar-refractivity contribution in [3.63, 3.8) is 0 Å². The number of rotatable bonds is 3. The number of fused-ring (bicyclic) bond motifs is 1. The van der Waals surface area contributed by atoms with E-state index >= 15 is 0 Å². The number of alkyl halides is 1. The lowest BCUT2D eigenvalue weighted by Crippen LogP contribution is -2.43. The summed E-state index contributed by atoms with van der Waals surface area (Å²) in [7, 11) is 2.03. The second-order valence-electron chi connectivity index (χ2n) is 4.75. The molecule has 0 spiro atoms. The van der Waals surface area contributed by atoms with Crippen molar-refractivity contribution in [1.29, 1.82) is 0 Å². The number of hydrogen-bond donors (Lipinski definition) is 0. The smallest absolute Gasteiger partial charge is 0.0950 e. The first-order valence-corrected chi connectivity index (χ1v) is 6.10. The number of hydrogen-bond acceptors (Lipinski definition) is 3. The normalized spacial score (nSPS) is 11.8. The maximum Gasteiger partial charge on any atom is 0.0950 e. The van der Waals surface area contributed by atoms with E-state index in [0.717, 1.165) is 16.6 Å². The van der Waals surface area contributed by atoms with E-state index in [0.29, 0.717) is 5.88 Å². The van der Waals surface area contributed by atoms with Crippen LogP contribution in [0.2, 0.25) is 0 Å². The summed E-state index contributed by atoms with van der Waals surface area (Å²) in [6, 6.07) is 8.00. The maximum atomic E-state index is 6.01. The highest BCUT2D eigenvalue weighted by molar-refractivity contribution is 6.18. The van der Waals surface area contributed by atoms with E-state index in [9.17, 15) is 0 Å². The zero-order valence-electron chi connectivity index (χ0n) is 10.3. The molecule has 90 valence electrons. The van der Waals surface area contributed by atoms with Crippen LogP contribution in [0.15, 0.2) is 30.5 Å². The van der Waals surface area contributed by atoms with Gasteiger partial charge in [0.15, 0.2) is 0 Å². The molecule has 3 nitrogen and oxygen atoms in total. The molecule has 0 unspecified atom stereocenters. The van der Waals surface area contributed by atoms with Gasteiger partial charge < -0.3 is 4.90 Å². The van der Waals surface area contributed by atoms with Crippen molar-refractivity contribution in [3.05, 3.63) is 30.5 Å². The molecule has 0 aliphatic rings. The van der Waals surface area contributed by atoms with Crippen molar-refractivity contribution in [1.82, 2.24) is 10.2 Å². The van der Waals surface area contributed by atoms with Crippen LogP contribution in [-0.2, 0) is 0 Å². The fraction of sp³-hybridized carbons (Fsp3) is 0.385. The molecular formula is C13H16ClN3. The van der Waals surface area contributed by atoms with E-state index < -0.39 is 0 Å². The van der Waals surface area contributed by atoms with Gasteiger partial charge in [0.05, 0.1) is 17.4 Å². The van der Waals surface area contributed by atoms with Crippen LogP contribution in [0.1, 0.15) is 13.8 Å². The fourth-order valence-electron chi connectivity index (χ4n) is 1.68. The zero-order chi connectivity index (χ0) is 12.5. The van der Waals surface area contributed by atoms with Gasteiger partial charge in [-0.05, 0) is 19.9 Å². The van der Waals surface area contributed by atoms with Crippen LogP contribution in [0.25, 0.3) is 10.9 Å². The molecule has 0 bridgehead atoms. The van der Waals surface area contributed by atoms with Crippen LogP contribution in [0.4, 0.5) is 5.69 Å². The highest BCUT2D eigenvalue weighted by Crippen LogP contribution is 2.28. The third kappa shape index (κ3) is 2.20. The number of benzene rings is 1. The van der Waals surface area contributed by atoms with Gasteiger partial charge in [-0.15, -0.1) is 11.6 Å². The standard InChI is InChI=1S/C13H16ClN3/c1-13(2,9-14)17(3)12-8-15-16-11-7-5-4-6-10(11)12/h4-8H,9H2,1-3H3. The number of anilines is 1. The van der Waals surface area contributed by atoms with Crippen LogP contribution < -0.4 is 4.90 Å². The molecule has 0 radical (unpaired) electrons. The fourth-order valence-corrected chi connectivity index (χ4v) is 1.86. The summed E-state index contributed by atoms with van der Waals surface area (Å²) in [5.74, 6) is 0.556. The molecule has 1 heterocycles. The predicted octanol–water partition coefficient (Wildman–Crippen LogP) is 3.08. The minimum atomic E-state index is -0.118. The second kappa shape index (κ2) is 4.49. The Kier molecular flexibility index (Phi) is 3.20. The Balaban J connectivity index is 2.56. The Bertz CT molecular complexity index is 520. The average molecular weight is 250 g/mol. The zero-order valence-corrected chi connectivity index (χ0v) is 11.1. The summed E-state index contributed by atoms with van der Waals surface area (Å²) in [6.07, 6.45) is 1.79. The van der Waals surface area contributed by atoms with Crippen molar-refractivity contribution < 1.29 is 0 Å². The van der Waals surface area contributed by atoms with Crippen molar-refractivity contribution >= 4 is 28.2 Å². The van der Waals surface area contributed by atoms with E-state index in [1.54, 1.807) is 6.20 Å². The molecule has 1 aromatic carbocycles. The Labute approximate surface area is 106 Å². The highest BCUT2D eigenvalue weighted by atomic mass is 35.5. The van der Waals surface area contributed by atoms with Crippen LogP contribution in [0.5, 0.6) is 0 Å². The summed E-state index contributed by atoms with van der Waals surface area (Å²) in [5, 5.41) is 9.27. The third-order valence-corrected chi connectivity index (χ3v) is 3.78. The van der Waals surface area contributed by atoms with Crippen LogP contribution >= 0.6 is 11.6 Å². The molecule has 17 heavy (non-hydrogen) atoms. The van der Waals surface area contributed by atoms with Gasteiger partial charge in [-0.3, -0.25) is 0 Å². The van der Waals surface area contributed by atoms with E-state index in [1.807, 2.05) is 25.2 Å². The molecule has 0 fully saturated rings. The summed E-state index contributed by atoms with van der Waals surface area (Å²) < 4.78 is 0. The number of nitrogens with zero attached hydrogens (tertiary/aromatic N) is 3. The predicted molar refractivity (Wildman–Crippen MR) is 72.7 cm³/mol. The van der Waals surface area contributed by atoms with Gasteiger partial charge in [-0.2, -0.15) is 10.2 Å². The molecule has 0 saturated carbocycles. The topological polar surface area (TPSA) is 29.0 Å². The number of halogens is 1. The Morgan fingerprint density at radius 2 is 2.00 bits per heavy atom. The summed E-state index contributed by atoms with van der Waals surface area (Å²) in [6.45, 7) is 4.21. The minimum absolute atomic E-state index is 0.118. The van der Waals surface area contributed by atoms with Crippen molar-refractivity contribution in [3.8, 4) is 0 Å². The molecule has 0 saturated heterocycles. The molecule has 0 aliphatic heterocycles. The van der Waals surface area contributed by atoms with Gasteiger partial charge in [0.1, 0.15) is 0 Å². The van der Waals surface area contributed by atoms with Crippen LogP contribution in [0.3, 0.4) is 0 Å². The van der Waals surface area contributed by atoms with Crippen LogP contribution in [-0.4, -0.2) is 28.7 Å². The lowest BCUT2D eigenvalue weighted by atomic mass is 10.0. The van der Waals surface area contributed by atoms with E-state index in [-0.39, 0.29) is 5.54 Å². The quantitative estimate of drug-likeness (QED) is 0.783. The molecule has 2 rings (SSSR count). The molecule has 0 N–H and O–H groups in total. The van der Waals surface area contributed by atoms with Crippen molar-refractivity contribution in [2.45, 2.75) is 19.4 Å². The molecule has 1 aromatic heterocycles. The first-order valence-electron chi connectivity index (χ1n) is 5.56. The average Bonchev–Trinajstić information content (AvgIpc) is 2.37. The monoisotopic (exact) mass is 249 g/mol. The van der Waals surface area contributed by atoms with Crippen LogP contribution in [0, 0.1) is 0 Å². The Hall–Kier alpha value is -1.35. The molecule has 0 amide bonds. The summed E-state index contributed by atoms with van der Waals surface area (Å²) in [4.78, 5) is 2.15. The minimum Gasteiger partial charge on any atom is -0.366 e. The lowest BCUT2D eigenvalue weighted by Gasteiger charge is -2.36. The van der Waals surface area contributed by atoms with E-state index in [1.165, 1.54) is 0 Å². The lowest BCUT2D eigenvalue weighted by molar-refractivity contribution is 0.545. The van der Waals surface area contributed by atoms with E-state index in [2.05, 4.69) is 35.0 Å². The van der Waals surface area contributed by atoms with Crippen molar-refractivity contribution in [2.75, 3.05) is 17.8 Å². The number of aromatic nitrogens is 2. The largest absolute Gasteiger partial charge is 0.366 e. The Morgan fingerprint density at radius 1 is 1.29 bits per heavy atom. The van der Waals surface area contributed by atoms with E-state index in [4.69, 9.17) is 11.6 Å². The van der Waals surface area contributed by atoms with Gasteiger partial charge in [0.25, 0.3) is 0 Å². The highest BCUT2D eigenvalue weighted by Gasteiger charge is 2.24. The molecule has 2 aromatic rings. The summed E-state index contributed by atoms with van der Waals surface area (Å²) >= 11 is 6.01.